The van der Waals surface area contributed by atoms with Crippen LogP contribution in [0.2, 0.25) is 0 Å². The van der Waals surface area contributed by atoms with Crippen molar-refractivity contribution in [2.24, 2.45) is 0 Å². The Morgan fingerprint density at radius 3 is 1.55 bits per heavy atom. The lowest BCUT2D eigenvalue weighted by Crippen LogP contribution is -2.06. The standard InChI is InChI=1S/C13H3F6N/c14-6-2-1-3-7(15)8(6)9-12(18)10(16)5(4-20)11(17)13(9)19/h1-3H. The van der Waals surface area contributed by atoms with E-state index in [1.54, 1.807) is 0 Å². The van der Waals surface area contributed by atoms with Gasteiger partial charge in [0.15, 0.2) is 23.3 Å². The second-order valence-corrected chi connectivity index (χ2v) is 3.71. The molecule has 7 heteroatoms. The van der Waals surface area contributed by atoms with E-state index in [4.69, 9.17) is 5.26 Å². The lowest BCUT2D eigenvalue weighted by molar-refractivity contribution is 0.452. The fourth-order valence-corrected chi connectivity index (χ4v) is 1.69. The molecule has 1 nitrogen and oxygen atoms in total. The molecule has 20 heavy (non-hydrogen) atoms. The molecule has 0 atom stereocenters. The lowest BCUT2D eigenvalue weighted by Gasteiger charge is -2.10. The molecule has 2 aromatic carbocycles. The first kappa shape index (κ1) is 13.9. The Morgan fingerprint density at radius 1 is 0.700 bits per heavy atom. The average Bonchev–Trinajstić information content (AvgIpc) is 2.40. The fraction of sp³-hybridized carbons (Fsp3) is 0. The summed E-state index contributed by atoms with van der Waals surface area (Å²) < 4.78 is 81.1. The van der Waals surface area contributed by atoms with Crippen LogP contribution in [0.25, 0.3) is 11.1 Å². The maximum Gasteiger partial charge on any atom is 0.180 e. The van der Waals surface area contributed by atoms with Gasteiger partial charge >= 0.3 is 0 Å². The fourth-order valence-electron chi connectivity index (χ4n) is 1.69. The molecule has 0 saturated heterocycles. The molecule has 0 unspecified atom stereocenters. The van der Waals surface area contributed by atoms with Crippen molar-refractivity contribution in [2.45, 2.75) is 0 Å². The van der Waals surface area contributed by atoms with Crippen LogP contribution in [0.3, 0.4) is 0 Å². The number of hydrogen-bond donors (Lipinski definition) is 0. The molecule has 2 aromatic rings. The van der Waals surface area contributed by atoms with Crippen molar-refractivity contribution in [1.29, 1.82) is 5.26 Å². The van der Waals surface area contributed by atoms with E-state index >= 15 is 0 Å². The first-order chi connectivity index (χ1) is 9.40. The van der Waals surface area contributed by atoms with Crippen molar-refractivity contribution < 1.29 is 26.3 Å². The smallest absolute Gasteiger partial charge is 0.180 e. The summed E-state index contributed by atoms with van der Waals surface area (Å²) in [4.78, 5) is 0. The SMILES string of the molecule is N#Cc1c(F)c(F)c(-c2c(F)cccc2F)c(F)c1F. The molecule has 0 saturated carbocycles. The average molecular weight is 287 g/mol. The number of halogens is 6. The van der Waals surface area contributed by atoms with Gasteiger partial charge in [0, 0.05) is 0 Å². The van der Waals surface area contributed by atoms with Crippen LogP contribution in [0.15, 0.2) is 18.2 Å². The highest BCUT2D eigenvalue weighted by Gasteiger charge is 2.29. The van der Waals surface area contributed by atoms with Crippen molar-refractivity contribution in [3.05, 3.63) is 58.7 Å². The van der Waals surface area contributed by atoms with E-state index in [-0.39, 0.29) is 0 Å². The van der Waals surface area contributed by atoms with Gasteiger partial charge in [0.25, 0.3) is 0 Å². The minimum absolute atomic E-state index is 0.672. The second kappa shape index (κ2) is 4.89. The van der Waals surface area contributed by atoms with E-state index in [9.17, 15) is 26.3 Å². The van der Waals surface area contributed by atoms with E-state index in [1.165, 1.54) is 0 Å². The summed E-state index contributed by atoms with van der Waals surface area (Å²) in [6.07, 6.45) is 0. The summed E-state index contributed by atoms with van der Waals surface area (Å²) in [6, 6.07) is 3.20. The molecule has 0 aliphatic carbocycles. The van der Waals surface area contributed by atoms with E-state index in [0.29, 0.717) is 12.1 Å². The molecule has 0 spiro atoms. The van der Waals surface area contributed by atoms with E-state index < -0.39 is 51.6 Å². The number of nitriles is 1. The Morgan fingerprint density at radius 2 is 1.15 bits per heavy atom. The third-order valence-electron chi connectivity index (χ3n) is 2.59. The van der Waals surface area contributed by atoms with Crippen LogP contribution in [0, 0.1) is 46.2 Å². The van der Waals surface area contributed by atoms with Crippen LogP contribution >= 0.6 is 0 Å². The highest BCUT2D eigenvalue weighted by molar-refractivity contribution is 5.67. The van der Waals surface area contributed by atoms with Crippen molar-refractivity contribution >= 4 is 0 Å². The van der Waals surface area contributed by atoms with Crippen LogP contribution in [0.4, 0.5) is 26.3 Å². The molecule has 0 heterocycles. The molecular formula is C13H3F6N. The Kier molecular flexibility index (Phi) is 3.40. The van der Waals surface area contributed by atoms with Crippen LogP contribution in [0.1, 0.15) is 5.56 Å². The molecule has 102 valence electrons. The maximum atomic E-state index is 13.7. The van der Waals surface area contributed by atoms with Gasteiger partial charge in [0.05, 0.1) is 11.1 Å². The zero-order valence-electron chi connectivity index (χ0n) is 9.45. The van der Waals surface area contributed by atoms with E-state index in [2.05, 4.69) is 0 Å². The number of benzene rings is 2. The minimum atomic E-state index is -2.04. The van der Waals surface area contributed by atoms with Crippen molar-refractivity contribution in [3.8, 4) is 17.2 Å². The third kappa shape index (κ3) is 1.90. The van der Waals surface area contributed by atoms with Gasteiger partial charge in [-0.25, -0.2) is 26.3 Å². The minimum Gasteiger partial charge on any atom is -0.206 e. The summed E-state index contributed by atoms with van der Waals surface area (Å²) >= 11 is 0. The largest absolute Gasteiger partial charge is 0.206 e. The van der Waals surface area contributed by atoms with Gasteiger partial charge < -0.3 is 0 Å². The van der Waals surface area contributed by atoms with Gasteiger partial charge in [0.2, 0.25) is 0 Å². The normalized spacial score (nSPS) is 10.4. The number of rotatable bonds is 1. The van der Waals surface area contributed by atoms with Gasteiger partial charge in [-0.2, -0.15) is 5.26 Å². The van der Waals surface area contributed by atoms with Crippen LogP contribution in [-0.2, 0) is 0 Å². The monoisotopic (exact) mass is 287 g/mol. The third-order valence-corrected chi connectivity index (χ3v) is 2.59. The first-order valence-corrected chi connectivity index (χ1v) is 5.10. The first-order valence-electron chi connectivity index (χ1n) is 5.10. The molecule has 0 radical (unpaired) electrons. The van der Waals surface area contributed by atoms with E-state index in [1.807, 2.05) is 0 Å². The van der Waals surface area contributed by atoms with E-state index in [0.717, 1.165) is 12.1 Å². The molecule has 0 amide bonds. The summed E-state index contributed by atoms with van der Waals surface area (Å²) in [5, 5.41) is 8.41. The van der Waals surface area contributed by atoms with Crippen LogP contribution < -0.4 is 0 Å². The van der Waals surface area contributed by atoms with Crippen molar-refractivity contribution in [3.63, 3.8) is 0 Å². The Balaban J connectivity index is 2.94. The maximum absolute atomic E-state index is 13.7. The summed E-state index contributed by atoms with van der Waals surface area (Å²) in [5.74, 6) is -10.9. The summed E-state index contributed by atoms with van der Waals surface area (Å²) in [6.45, 7) is 0. The molecular weight excluding hydrogens is 284 g/mol. The Labute approximate surface area is 108 Å². The lowest BCUT2D eigenvalue weighted by atomic mass is 10.00. The number of hydrogen-bond acceptors (Lipinski definition) is 1. The molecule has 0 N–H and O–H groups in total. The number of nitrogens with zero attached hydrogens (tertiary/aromatic N) is 1. The van der Waals surface area contributed by atoms with Crippen LogP contribution in [-0.4, -0.2) is 0 Å². The zero-order chi connectivity index (χ0) is 15.0. The zero-order valence-corrected chi connectivity index (χ0v) is 9.45. The quantitative estimate of drug-likeness (QED) is 0.573. The predicted molar refractivity (Wildman–Crippen MR) is 56.3 cm³/mol. The van der Waals surface area contributed by atoms with Gasteiger partial charge in [-0.3, -0.25) is 0 Å². The summed E-state index contributed by atoms with van der Waals surface area (Å²) in [7, 11) is 0. The Hall–Kier alpha value is -2.49. The predicted octanol–water partition coefficient (Wildman–Crippen LogP) is 4.06. The molecule has 0 fully saturated rings. The van der Waals surface area contributed by atoms with Gasteiger partial charge in [-0.15, -0.1) is 0 Å². The molecule has 2 rings (SSSR count). The molecule has 0 aliphatic heterocycles. The topological polar surface area (TPSA) is 23.8 Å². The van der Waals surface area contributed by atoms with Crippen molar-refractivity contribution in [1.82, 2.24) is 0 Å². The summed E-state index contributed by atoms with van der Waals surface area (Å²) in [5.41, 5.74) is -4.28. The Bertz CT molecular complexity index is 698. The molecule has 0 bridgehead atoms. The highest BCUT2D eigenvalue weighted by atomic mass is 19.2. The van der Waals surface area contributed by atoms with Gasteiger partial charge in [-0.1, -0.05) is 6.07 Å². The van der Waals surface area contributed by atoms with Gasteiger partial charge in [0.1, 0.15) is 23.3 Å². The molecule has 0 aromatic heterocycles. The van der Waals surface area contributed by atoms with Crippen molar-refractivity contribution in [2.75, 3.05) is 0 Å². The second-order valence-electron chi connectivity index (χ2n) is 3.71. The van der Waals surface area contributed by atoms with Gasteiger partial charge in [-0.05, 0) is 12.1 Å². The molecule has 0 aliphatic rings. The van der Waals surface area contributed by atoms with Crippen LogP contribution in [0.5, 0.6) is 0 Å². The highest BCUT2D eigenvalue weighted by Crippen LogP contribution is 2.34.